The lowest BCUT2D eigenvalue weighted by Gasteiger charge is -2.35. The molecular formula is C20H21N3O3. The quantitative estimate of drug-likeness (QED) is 0.861. The van der Waals surface area contributed by atoms with Crippen LogP contribution in [0, 0.1) is 0 Å². The molecule has 2 aliphatic heterocycles. The fourth-order valence-electron chi connectivity index (χ4n) is 3.66. The minimum Gasteiger partial charge on any atom is -0.360 e. The number of aliphatic hydroxyl groups is 1. The monoisotopic (exact) mass is 351 g/mol. The Kier molecular flexibility index (Phi) is 4.22. The van der Waals surface area contributed by atoms with Crippen molar-refractivity contribution < 1.29 is 14.7 Å². The van der Waals surface area contributed by atoms with E-state index in [0.717, 1.165) is 19.3 Å². The van der Waals surface area contributed by atoms with Crippen LogP contribution in [0.15, 0.2) is 60.7 Å². The zero-order valence-electron chi connectivity index (χ0n) is 14.4. The van der Waals surface area contributed by atoms with Crippen molar-refractivity contribution in [2.75, 3.05) is 23.1 Å². The van der Waals surface area contributed by atoms with E-state index in [4.69, 9.17) is 0 Å². The topological polar surface area (TPSA) is 64.1 Å². The Hall–Kier alpha value is -2.70. The Morgan fingerprint density at radius 2 is 1.12 bits per heavy atom. The number of hydrazine groups is 1. The molecule has 0 radical (unpaired) electrons. The fourth-order valence-corrected chi connectivity index (χ4v) is 3.66. The largest absolute Gasteiger partial charge is 0.360 e. The Morgan fingerprint density at radius 3 is 1.54 bits per heavy atom. The Bertz CT molecular complexity index is 746. The highest BCUT2D eigenvalue weighted by atomic mass is 16.4. The molecule has 134 valence electrons. The normalized spacial score (nSPS) is 20.7. The van der Waals surface area contributed by atoms with Gasteiger partial charge in [-0.3, -0.25) is 14.5 Å². The molecule has 6 heteroatoms. The third-order valence-electron chi connectivity index (χ3n) is 5.00. The summed E-state index contributed by atoms with van der Waals surface area (Å²) in [6.07, 6.45) is 2.76. The van der Waals surface area contributed by atoms with E-state index in [-0.39, 0.29) is 0 Å². The van der Waals surface area contributed by atoms with Crippen LogP contribution in [-0.4, -0.2) is 40.6 Å². The maximum Gasteiger partial charge on any atom is 0.304 e. The Labute approximate surface area is 152 Å². The summed E-state index contributed by atoms with van der Waals surface area (Å²) in [6.45, 7) is 1.05. The van der Waals surface area contributed by atoms with Gasteiger partial charge in [0.25, 0.3) is 5.72 Å². The number of hydrogen-bond acceptors (Lipinski definition) is 4. The van der Waals surface area contributed by atoms with E-state index in [1.165, 1.54) is 10.0 Å². The number of piperidine rings is 1. The minimum absolute atomic E-state index is 0.527. The summed E-state index contributed by atoms with van der Waals surface area (Å²) in [5.74, 6) is -1.25. The summed E-state index contributed by atoms with van der Waals surface area (Å²) in [4.78, 5) is 28.2. The first-order valence-electron chi connectivity index (χ1n) is 8.90. The molecular weight excluding hydrogens is 330 g/mol. The molecule has 26 heavy (non-hydrogen) atoms. The van der Waals surface area contributed by atoms with Gasteiger partial charge < -0.3 is 5.11 Å². The third-order valence-corrected chi connectivity index (χ3v) is 5.00. The van der Waals surface area contributed by atoms with E-state index < -0.39 is 17.5 Å². The van der Waals surface area contributed by atoms with Crippen molar-refractivity contribution in [3.63, 3.8) is 0 Å². The lowest BCUT2D eigenvalue weighted by Crippen LogP contribution is -2.60. The molecule has 2 fully saturated rings. The van der Waals surface area contributed by atoms with Crippen LogP contribution in [-0.2, 0) is 9.59 Å². The molecule has 0 saturated carbocycles. The molecule has 0 atom stereocenters. The molecule has 1 N–H and O–H groups in total. The van der Waals surface area contributed by atoms with Crippen molar-refractivity contribution >= 4 is 23.2 Å². The van der Waals surface area contributed by atoms with Gasteiger partial charge >= 0.3 is 11.8 Å². The fraction of sp³-hybridized carbons (Fsp3) is 0.300. The lowest BCUT2D eigenvalue weighted by atomic mass is 10.0. The molecule has 2 saturated heterocycles. The van der Waals surface area contributed by atoms with Gasteiger partial charge in [-0.25, -0.2) is 10.0 Å². The van der Waals surface area contributed by atoms with Gasteiger partial charge in [-0.2, -0.15) is 0 Å². The van der Waals surface area contributed by atoms with E-state index >= 15 is 0 Å². The molecule has 0 bridgehead atoms. The summed E-state index contributed by atoms with van der Waals surface area (Å²) in [6, 6.07) is 17.9. The molecule has 2 aliphatic rings. The molecule has 2 aromatic carbocycles. The van der Waals surface area contributed by atoms with Crippen LogP contribution >= 0.6 is 0 Å². The van der Waals surface area contributed by atoms with Crippen LogP contribution in [0.1, 0.15) is 19.3 Å². The molecule has 0 aromatic heterocycles. The predicted molar refractivity (Wildman–Crippen MR) is 98.2 cm³/mol. The number of amides is 2. The van der Waals surface area contributed by atoms with Gasteiger partial charge in [0.15, 0.2) is 0 Å². The number of carbonyl (C=O) groups excluding carboxylic acids is 2. The number of nitrogens with zero attached hydrogens (tertiary/aromatic N) is 3. The summed E-state index contributed by atoms with van der Waals surface area (Å²) < 4.78 is 0. The van der Waals surface area contributed by atoms with E-state index in [0.29, 0.717) is 24.5 Å². The van der Waals surface area contributed by atoms with Crippen LogP contribution < -0.4 is 10.0 Å². The first-order valence-corrected chi connectivity index (χ1v) is 8.90. The number of likely N-dealkylation sites (tertiary alicyclic amines) is 1. The average Bonchev–Trinajstić information content (AvgIpc) is 2.92. The standard InChI is InChI=1S/C20H21N3O3/c24-18-20(26,21-14-8-3-9-15-21)19(25)23(17-12-6-2-7-13-17)22(18)16-10-4-1-5-11-16/h1-2,4-7,10-13,26H,3,8-9,14-15H2. The number of anilines is 2. The van der Waals surface area contributed by atoms with Crippen molar-refractivity contribution in [1.82, 2.24) is 4.90 Å². The van der Waals surface area contributed by atoms with Crippen LogP contribution in [0.2, 0.25) is 0 Å². The highest BCUT2D eigenvalue weighted by Crippen LogP contribution is 2.36. The second-order valence-corrected chi connectivity index (χ2v) is 6.62. The number of rotatable bonds is 3. The zero-order chi connectivity index (χ0) is 18.1. The molecule has 0 unspecified atom stereocenters. The first-order chi connectivity index (χ1) is 12.6. The SMILES string of the molecule is O=C1N(c2ccccc2)N(c2ccccc2)C(=O)C1(O)N1CCCCC1. The smallest absolute Gasteiger partial charge is 0.304 e. The van der Waals surface area contributed by atoms with Crippen molar-refractivity contribution in [3.05, 3.63) is 60.7 Å². The Balaban J connectivity index is 1.82. The average molecular weight is 351 g/mol. The van der Waals surface area contributed by atoms with Gasteiger partial charge in [-0.15, -0.1) is 0 Å². The van der Waals surface area contributed by atoms with Gasteiger partial charge in [0.05, 0.1) is 11.4 Å². The second-order valence-electron chi connectivity index (χ2n) is 6.62. The number of hydrogen-bond donors (Lipinski definition) is 1. The van der Waals surface area contributed by atoms with Gasteiger partial charge in [0.2, 0.25) is 0 Å². The number of para-hydroxylation sites is 2. The second kappa shape index (κ2) is 6.55. The van der Waals surface area contributed by atoms with Crippen molar-refractivity contribution in [2.24, 2.45) is 0 Å². The number of benzene rings is 2. The van der Waals surface area contributed by atoms with Gasteiger partial charge in [0.1, 0.15) is 0 Å². The predicted octanol–water partition coefficient (Wildman–Crippen LogP) is 2.16. The van der Waals surface area contributed by atoms with E-state index in [1.807, 2.05) is 12.1 Å². The van der Waals surface area contributed by atoms with Crippen LogP contribution in [0.3, 0.4) is 0 Å². The summed E-state index contributed by atoms with van der Waals surface area (Å²) in [7, 11) is 0. The van der Waals surface area contributed by atoms with Gasteiger partial charge in [0, 0.05) is 13.1 Å². The van der Waals surface area contributed by atoms with Crippen molar-refractivity contribution in [3.8, 4) is 0 Å². The van der Waals surface area contributed by atoms with E-state index in [2.05, 4.69) is 0 Å². The van der Waals surface area contributed by atoms with E-state index in [9.17, 15) is 14.7 Å². The highest BCUT2D eigenvalue weighted by molar-refractivity contribution is 6.28. The Morgan fingerprint density at radius 1 is 0.692 bits per heavy atom. The molecule has 0 aliphatic carbocycles. The van der Waals surface area contributed by atoms with Crippen LogP contribution in [0.25, 0.3) is 0 Å². The lowest BCUT2D eigenvalue weighted by molar-refractivity contribution is -0.167. The molecule has 2 heterocycles. The maximum absolute atomic E-state index is 13.3. The van der Waals surface area contributed by atoms with Crippen LogP contribution in [0.5, 0.6) is 0 Å². The summed E-state index contributed by atoms with van der Waals surface area (Å²) in [5, 5.41) is 13.8. The molecule has 2 aromatic rings. The third kappa shape index (κ3) is 2.50. The molecule has 6 nitrogen and oxygen atoms in total. The van der Waals surface area contributed by atoms with Gasteiger partial charge in [-0.1, -0.05) is 42.8 Å². The summed E-state index contributed by atoms with van der Waals surface area (Å²) >= 11 is 0. The van der Waals surface area contributed by atoms with Crippen molar-refractivity contribution in [1.29, 1.82) is 0 Å². The van der Waals surface area contributed by atoms with Crippen LogP contribution in [0.4, 0.5) is 11.4 Å². The number of carbonyl (C=O) groups is 2. The molecule has 4 rings (SSSR count). The van der Waals surface area contributed by atoms with Gasteiger partial charge in [-0.05, 0) is 37.1 Å². The molecule has 2 amide bonds. The van der Waals surface area contributed by atoms with Crippen molar-refractivity contribution in [2.45, 2.75) is 25.0 Å². The first kappa shape index (κ1) is 16.8. The minimum atomic E-state index is -2.16. The highest BCUT2D eigenvalue weighted by Gasteiger charge is 2.62. The zero-order valence-corrected chi connectivity index (χ0v) is 14.4. The van der Waals surface area contributed by atoms with E-state index in [1.54, 1.807) is 53.4 Å². The molecule has 0 spiro atoms. The maximum atomic E-state index is 13.3. The summed E-state index contributed by atoms with van der Waals surface area (Å²) in [5.41, 5.74) is -1.07.